The highest BCUT2D eigenvalue weighted by Crippen LogP contribution is 2.22. The van der Waals surface area contributed by atoms with Gasteiger partial charge in [0.1, 0.15) is 6.04 Å². The van der Waals surface area contributed by atoms with Crippen molar-refractivity contribution in [2.75, 3.05) is 0 Å². The number of benzene rings is 3. The van der Waals surface area contributed by atoms with Crippen LogP contribution in [-0.2, 0) is 22.6 Å². The molecule has 3 rings (SSSR count). The van der Waals surface area contributed by atoms with E-state index in [9.17, 15) is 9.59 Å². The van der Waals surface area contributed by atoms with Gasteiger partial charge in [-0.1, -0.05) is 79.2 Å². The molecule has 0 fully saturated rings. The van der Waals surface area contributed by atoms with E-state index in [4.69, 9.17) is 11.6 Å². The molecule has 2 amide bonds. The summed E-state index contributed by atoms with van der Waals surface area (Å²) < 4.78 is 0. The minimum atomic E-state index is -0.597. The summed E-state index contributed by atoms with van der Waals surface area (Å²) in [7, 11) is 0. The average Bonchev–Trinajstić information content (AvgIpc) is 2.81. The van der Waals surface area contributed by atoms with Crippen LogP contribution in [0.3, 0.4) is 0 Å². The molecule has 32 heavy (non-hydrogen) atoms. The van der Waals surface area contributed by atoms with E-state index in [0.717, 1.165) is 28.3 Å². The molecular weight excluding hydrogens is 420 g/mol. The quantitative estimate of drug-likeness (QED) is 0.450. The molecule has 5 heteroatoms. The van der Waals surface area contributed by atoms with Gasteiger partial charge in [-0.3, -0.25) is 9.59 Å². The Hall–Kier alpha value is -2.85. The predicted molar refractivity (Wildman–Crippen MR) is 132 cm³/mol. The van der Waals surface area contributed by atoms with Crippen molar-refractivity contribution in [3.05, 3.63) is 82.9 Å². The standard InChI is InChI=1S/C27H31ClN2O2/c1-4-19(2)29-27(32)20(3)30(18-23-11-6-8-15-25(23)28)26(31)17-16-22-13-9-12-21-10-5-7-14-24(21)22/h5-15,19-20H,4,16-18H2,1-3H3,(H,29,32)/t19-,20-/m1/s1. The van der Waals surface area contributed by atoms with Gasteiger partial charge < -0.3 is 10.2 Å². The first-order valence-electron chi connectivity index (χ1n) is 11.2. The molecule has 0 aromatic heterocycles. The second kappa shape index (κ2) is 11.1. The molecule has 0 aliphatic rings. The van der Waals surface area contributed by atoms with Crippen LogP contribution in [0.4, 0.5) is 0 Å². The number of carbonyl (C=O) groups is 2. The van der Waals surface area contributed by atoms with Gasteiger partial charge in [0.2, 0.25) is 11.8 Å². The summed E-state index contributed by atoms with van der Waals surface area (Å²) >= 11 is 6.36. The van der Waals surface area contributed by atoms with Crippen LogP contribution in [0, 0.1) is 0 Å². The van der Waals surface area contributed by atoms with E-state index in [1.165, 1.54) is 0 Å². The number of carbonyl (C=O) groups excluding carboxylic acids is 2. The normalized spacial score (nSPS) is 12.9. The maximum atomic E-state index is 13.4. The minimum Gasteiger partial charge on any atom is -0.352 e. The zero-order chi connectivity index (χ0) is 23.1. The van der Waals surface area contributed by atoms with Crippen LogP contribution in [0.5, 0.6) is 0 Å². The molecule has 0 unspecified atom stereocenters. The van der Waals surface area contributed by atoms with E-state index in [0.29, 0.717) is 24.4 Å². The molecule has 0 radical (unpaired) electrons. The highest BCUT2D eigenvalue weighted by Gasteiger charge is 2.27. The smallest absolute Gasteiger partial charge is 0.242 e. The van der Waals surface area contributed by atoms with Crippen LogP contribution in [0.15, 0.2) is 66.7 Å². The molecule has 0 aliphatic carbocycles. The number of amides is 2. The van der Waals surface area contributed by atoms with Crippen molar-refractivity contribution in [3.8, 4) is 0 Å². The maximum Gasteiger partial charge on any atom is 0.242 e. The minimum absolute atomic E-state index is 0.0536. The molecule has 0 bridgehead atoms. The summed E-state index contributed by atoms with van der Waals surface area (Å²) in [5.74, 6) is -0.213. The second-order valence-electron chi connectivity index (χ2n) is 8.25. The molecule has 1 N–H and O–H groups in total. The van der Waals surface area contributed by atoms with Crippen LogP contribution in [0.2, 0.25) is 5.02 Å². The van der Waals surface area contributed by atoms with Gasteiger partial charge in [0.05, 0.1) is 0 Å². The Labute approximate surface area is 195 Å². The highest BCUT2D eigenvalue weighted by molar-refractivity contribution is 6.31. The Morgan fingerprint density at radius 3 is 2.34 bits per heavy atom. The van der Waals surface area contributed by atoms with E-state index < -0.39 is 6.04 Å². The number of hydrogen-bond acceptors (Lipinski definition) is 2. The van der Waals surface area contributed by atoms with Crippen molar-refractivity contribution in [1.82, 2.24) is 10.2 Å². The Bertz CT molecular complexity index is 1080. The van der Waals surface area contributed by atoms with E-state index >= 15 is 0 Å². The number of nitrogens with zero attached hydrogens (tertiary/aromatic N) is 1. The molecule has 2 atom stereocenters. The molecule has 0 aliphatic heterocycles. The number of aryl methyl sites for hydroxylation is 1. The lowest BCUT2D eigenvalue weighted by Crippen LogP contribution is -2.49. The van der Waals surface area contributed by atoms with Crippen LogP contribution in [-0.4, -0.2) is 28.8 Å². The third-order valence-electron chi connectivity index (χ3n) is 5.95. The lowest BCUT2D eigenvalue weighted by molar-refractivity contribution is -0.140. The summed E-state index contributed by atoms with van der Waals surface area (Å²) in [6.45, 7) is 6.06. The predicted octanol–water partition coefficient (Wildman–Crippen LogP) is 5.76. The van der Waals surface area contributed by atoms with Gasteiger partial charge >= 0.3 is 0 Å². The topological polar surface area (TPSA) is 49.4 Å². The molecular formula is C27H31ClN2O2. The first-order valence-corrected chi connectivity index (χ1v) is 11.6. The van der Waals surface area contributed by atoms with Gasteiger partial charge in [-0.05, 0) is 54.7 Å². The summed E-state index contributed by atoms with van der Waals surface area (Å²) in [6.07, 6.45) is 1.76. The number of fused-ring (bicyclic) bond motifs is 1. The van der Waals surface area contributed by atoms with Gasteiger partial charge in [-0.15, -0.1) is 0 Å². The number of hydrogen-bond donors (Lipinski definition) is 1. The van der Waals surface area contributed by atoms with E-state index in [1.807, 2.05) is 50.2 Å². The lowest BCUT2D eigenvalue weighted by Gasteiger charge is -2.30. The number of nitrogens with one attached hydrogen (secondary N) is 1. The van der Waals surface area contributed by atoms with Gasteiger partial charge in [-0.25, -0.2) is 0 Å². The third-order valence-corrected chi connectivity index (χ3v) is 6.32. The lowest BCUT2D eigenvalue weighted by atomic mass is 10.0. The Morgan fingerprint density at radius 2 is 1.59 bits per heavy atom. The molecule has 0 heterocycles. The molecule has 4 nitrogen and oxygen atoms in total. The number of rotatable bonds is 9. The van der Waals surface area contributed by atoms with Crippen LogP contribution in [0.25, 0.3) is 10.8 Å². The third kappa shape index (κ3) is 5.89. The maximum absolute atomic E-state index is 13.4. The first-order chi connectivity index (χ1) is 15.4. The van der Waals surface area contributed by atoms with E-state index in [-0.39, 0.29) is 17.9 Å². The summed E-state index contributed by atoms with van der Waals surface area (Å²) in [5.41, 5.74) is 1.96. The average molecular weight is 451 g/mol. The molecule has 168 valence electrons. The Balaban J connectivity index is 1.80. The summed E-state index contributed by atoms with van der Waals surface area (Å²) in [6, 6.07) is 21.2. The summed E-state index contributed by atoms with van der Waals surface area (Å²) in [4.78, 5) is 27.9. The van der Waals surface area contributed by atoms with Crippen molar-refractivity contribution in [2.24, 2.45) is 0 Å². The largest absolute Gasteiger partial charge is 0.352 e. The second-order valence-corrected chi connectivity index (χ2v) is 8.65. The van der Waals surface area contributed by atoms with Gasteiger partial charge in [0.15, 0.2) is 0 Å². The molecule has 0 saturated carbocycles. The van der Waals surface area contributed by atoms with Crippen molar-refractivity contribution in [1.29, 1.82) is 0 Å². The van der Waals surface area contributed by atoms with Crippen LogP contribution in [0.1, 0.15) is 44.7 Å². The van der Waals surface area contributed by atoms with Crippen molar-refractivity contribution < 1.29 is 9.59 Å². The molecule has 0 spiro atoms. The fraction of sp³-hybridized carbons (Fsp3) is 0.333. The molecule has 0 saturated heterocycles. The van der Waals surface area contributed by atoms with Crippen molar-refractivity contribution >= 4 is 34.2 Å². The van der Waals surface area contributed by atoms with Crippen LogP contribution >= 0.6 is 11.6 Å². The van der Waals surface area contributed by atoms with Gasteiger partial charge in [0.25, 0.3) is 0 Å². The van der Waals surface area contributed by atoms with E-state index in [1.54, 1.807) is 17.9 Å². The summed E-state index contributed by atoms with van der Waals surface area (Å²) in [5, 5.41) is 5.90. The first kappa shape index (κ1) is 23.8. The fourth-order valence-electron chi connectivity index (χ4n) is 3.75. The van der Waals surface area contributed by atoms with Crippen molar-refractivity contribution in [2.45, 2.75) is 58.7 Å². The van der Waals surface area contributed by atoms with Gasteiger partial charge in [0, 0.05) is 24.0 Å². The monoisotopic (exact) mass is 450 g/mol. The zero-order valence-electron chi connectivity index (χ0n) is 19.0. The molecule has 3 aromatic rings. The van der Waals surface area contributed by atoms with Crippen LogP contribution < -0.4 is 5.32 Å². The SMILES string of the molecule is CC[C@@H](C)NC(=O)[C@@H](C)N(Cc1ccccc1Cl)C(=O)CCc1cccc2ccccc12. The van der Waals surface area contributed by atoms with Crippen molar-refractivity contribution in [3.63, 3.8) is 0 Å². The molecule has 3 aromatic carbocycles. The van der Waals surface area contributed by atoms with Gasteiger partial charge in [-0.2, -0.15) is 0 Å². The van der Waals surface area contributed by atoms with E-state index in [2.05, 4.69) is 29.6 Å². The Kier molecular flexibility index (Phi) is 8.29. The fourth-order valence-corrected chi connectivity index (χ4v) is 3.95. The Morgan fingerprint density at radius 1 is 0.938 bits per heavy atom. The highest BCUT2D eigenvalue weighted by atomic mass is 35.5. The zero-order valence-corrected chi connectivity index (χ0v) is 19.7. The number of halogens is 1.